The Hall–Kier alpha value is -1.68. The zero-order valence-electron chi connectivity index (χ0n) is 11.5. The van der Waals surface area contributed by atoms with Gasteiger partial charge in [0.25, 0.3) is 0 Å². The van der Waals surface area contributed by atoms with E-state index in [9.17, 15) is 0 Å². The van der Waals surface area contributed by atoms with Gasteiger partial charge in [0.15, 0.2) is 5.82 Å². The van der Waals surface area contributed by atoms with Gasteiger partial charge >= 0.3 is 0 Å². The third-order valence-corrected chi connectivity index (χ3v) is 2.89. The highest BCUT2D eigenvalue weighted by Crippen LogP contribution is 2.13. The molecule has 0 saturated carbocycles. The Morgan fingerprint density at radius 2 is 2.00 bits per heavy atom. The lowest BCUT2D eigenvalue weighted by Gasteiger charge is -2.09. The fourth-order valence-electron chi connectivity index (χ4n) is 2.09. The van der Waals surface area contributed by atoms with E-state index in [2.05, 4.69) is 47.4 Å². The van der Waals surface area contributed by atoms with Crippen molar-refractivity contribution in [1.82, 2.24) is 20.1 Å². The first-order chi connectivity index (χ1) is 8.63. The summed E-state index contributed by atoms with van der Waals surface area (Å²) < 4.78 is 1.91. The molecular weight excluding hydrogens is 224 g/mol. The zero-order valence-corrected chi connectivity index (χ0v) is 11.5. The standard InChI is InChI=1S/C14H20N4/c1-5-13-7-12(9-15-4)8-14(16-13)18-11(3)6-10(2)17-18/h6-8,15H,5,9H2,1-4H3. The van der Waals surface area contributed by atoms with E-state index in [4.69, 9.17) is 0 Å². The molecule has 2 aromatic heterocycles. The normalized spacial score (nSPS) is 10.9. The number of pyridine rings is 1. The number of nitrogens with zero attached hydrogens (tertiary/aromatic N) is 3. The van der Waals surface area contributed by atoms with Crippen molar-refractivity contribution in [3.05, 3.63) is 40.8 Å². The molecule has 0 saturated heterocycles. The van der Waals surface area contributed by atoms with Crippen molar-refractivity contribution in [2.24, 2.45) is 0 Å². The second-order valence-electron chi connectivity index (χ2n) is 4.55. The van der Waals surface area contributed by atoms with Crippen molar-refractivity contribution in [3.8, 4) is 5.82 Å². The van der Waals surface area contributed by atoms with Crippen LogP contribution in [0.2, 0.25) is 0 Å². The average molecular weight is 244 g/mol. The maximum Gasteiger partial charge on any atom is 0.154 e. The van der Waals surface area contributed by atoms with Gasteiger partial charge in [-0.1, -0.05) is 6.92 Å². The Morgan fingerprint density at radius 1 is 1.22 bits per heavy atom. The van der Waals surface area contributed by atoms with Crippen LogP contribution in [0.25, 0.3) is 5.82 Å². The molecule has 0 unspecified atom stereocenters. The second kappa shape index (κ2) is 5.31. The average Bonchev–Trinajstić information content (AvgIpc) is 2.68. The molecule has 0 amide bonds. The molecule has 0 aliphatic heterocycles. The Balaban J connectivity index is 2.49. The molecule has 96 valence electrons. The lowest BCUT2D eigenvalue weighted by molar-refractivity contribution is 0.775. The number of hydrogen-bond donors (Lipinski definition) is 1. The summed E-state index contributed by atoms with van der Waals surface area (Å²) in [5, 5.41) is 7.67. The number of aryl methyl sites for hydroxylation is 3. The predicted octanol–water partition coefficient (Wildman–Crippen LogP) is 2.17. The first kappa shape index (κ1) is 12.8. The van der Waals surface area contributed by atoms with Crippen LogP contribution in [0.5, 0.6) is 0 Å². The van der Waals surface area contributed by atoms with Crippen LogP contribution in [0.3, 0.4) is 0 Å². The van der Waals surface area contributed by atoms with Gasteiger partial charge < -0.3 is 5.32 Å². The van der Waals surface area contributed by atoms with Crippen molar-refractivity contribution >= 4 is 0 Å². The minimum Gasteiger partial charge on any atom is -0.316 e. The van der Waals surface area contributed by atoms with Gasteiger partial charge in [0, 0.05) is 17.9 Å². The van der Waals surface area contributed by atoms with E-state index in [-0.39, 0.29) is 0 Å². The Bertz CT molecular complexity index is 543. The van der Waals surface area contributed by atoms with Gasteiger partial charge in [0.2, 0.25) is 0 Å². The third kappa shape index (κ3) is 2.59. The van der Waals surface area contributed by atoms with E-state index in [0.717, 1.165) is 35.9 Å². The molecule has 18 heavy (non-hydrogen) atoms. The summed E-state index contributed by atoms with van der Waals surface area (Å²) in [6.45, 7) is 7.03. The molecule has 2 heterocycles. The van der Waals surface area contributed by atoms with Crippen LogP contribution in [0.1, 0.15) is 29.6 Å². The molecule has 2 rings (SSSR count). The van der Waals surface area contributed by atoms with Gasteiger partial charge in [-0.15, -0.1) is 0 Å². The third-order valence-electron chi connectivity index (χ3n) is 2.89. The van der Waals surface area contributed by atoms with Crippen molar-refractivity contribution in [3.63, 3.8) is 0 Å². The van der Waals surface area contributed by atoms with Gasteiger partial charge in [-0.3, -0.25) is 0 Å². The molecule has 0 aromatic carbocycles. The highest BCUT2D eigenvalue weighted by atomic mass is 15.3. The maximum atomic E-state index is 4.65. The summed E-state index contributed by atoms with van der Waals surface area (Å²) in [5.41, 5.74) is 4.48. The summed E-state index contributed by atoms with van der Waals surface area (Å²) in [6.07, 6.45) is 0.934. The largest absolute Gasteiger partial charge is 0.316 e. The minimum atomic E-state index is 0.849. The van der Waals surface area contributed by atoms with Gasteiger partial charge in [0.1, 0.15) is 0 Å². The molecule has 0 radical (unpaired) electrons. The van der Waals surface area contributed by atoms with Gasteiger partial charge in [0.05, 0.1) is 5.69 Å². The Morgan fingerprint density at radius 3 is 2.56 bits per heavy atom. The number of nitrogens with one attached hydrogen (secondary N) is 1. The molecule has 0 fully saturated rings. The quantitative estimate of drug-likeness (QED) is 0.896. The van der Waals surface area contributed by atoms with E-state index in [1.165, 1.54) is 5.56 Å². The predicted molar refractivity (Wildman–Crippen MR) is 73.0 cm³/mol. The monoisotopic (exact) mass is 244 g/mol. The molecule has 0 aliphatic rings. The molecular formula is C14H20N4. The first-order valence-corrected chi connectivity index (χ1v) is 6.32. The highest BCUT2D eigenvalue weighted by molar-refractivity contribution is 5.32. The fourth-order valence-corrected chi connectivity index (χ4v) is 2.09. The molecule has 0 aliphatic carbocycles. The summed E-state index contributed by atoms with van der Waals surface area (Å²) >= 11 is 0. The van der Waals surface area contributed by atoms with E-state index in [1.54, 1.807) is 0 Å². The zero-order chi connectivity index (χ0) is 13.1. The Kier molecular flexibility index (Phi) is 3.77. The molecule has 0 bridgehead atoms. The van der Waals surface area contributed by atoms with E-state index < -0.39 is 0 Å². The van der Waals surface area contributed by atoms with Gasteiger partial charge in [-0.25, -0.2) is 9.67 Å². The topological polar surface area (TPSA) is 42.7 Å². The van der Waals surface area contributed by atoms with Gasteiger partial charge in [-0.05, 0) is 51.1 Å². The van der Waals surface area contributed by atoms with E-state index >= 15 is 0 Å². The molecule has 0 spiro atoms. The van der Waals surface area contributed by atoms with Crippen molar-refractivity contribution in [2.75, 3.05) is 7.05 Å². The number of rotatable bonds is 4. The second-order valence-corrected chi connectivity index (χ2v) is 4.55. The summed E-state index contributed by atoms with van der Waals surface area (Å²) in [5.74, 6) is 0.908. The molecule has 4 nitrogen and oxygen atoms in total. The van der Waals surface area contributed by atoms with Crippen LogP contribution < -0.4 is 5.32 Å². The van der Waals surface area contributed by atoms with Crippen molar-refractivity contribution in [1.29, 1.82) is 0 Å². The minimum absolute atomic E-state index is 0.849. The maximum absolute atomic E-state index is 4.65. The van der Waals surface area contributed by atoms with E-state index in [1.807, 2.05) is 18.7 Å². The summed E-state index contributed by atoms with van der Waals surface area (Å²) in [7, 11) is 1.95. The number of hydrogen-bond acceptors (Lipinski definition) is 3. The number of aromatic nitrogens is 3. The highest BCUT2D eigenvalue weighted by Gasteiger charge is 2.07. The van der Waals surface area contributed by atoms with Gasteiger partial charge in [-0.2, -0.15) is 5.10 Å². The van der Waals surface area contributed by atoms with E-state index in [0.29, 0.717) is 0 Å². The smallest absolute Gasteiger partial charge is 0.154 e. The Labute approximate surface area is 108 Å². The molecule has 0 atom stereocenters. The van der Waals surface area contributed by atoms with Crippen LogP contribution >= 0.6 is 0 Å². The van der Waals surface area contributed by atoms with Crippen molar-refractivity contribution in [2.45, 2.75) is 33.7 Å². The lowest BCUT2D eigenvalue weighted by Crippen LogP contribution is -2.09. The van der Waals surface area contributed by atoms with Crippen molar-refractivity contribution < 1.29 is 0 Å². The van der Waals surface area contributed by atoms with Crippen LogP contribution in [0, 0.1) is 13.8 Å². The molecule has 4 heteroatoms. The molecule has 2 aromatic rings. The van der Waals surface area contributed by atoms with Crippen LogP contribution in [-0.4, -0.2) is 21.8 Å². The lowest BCUT2D eigenvalue weighted by atomic mass is 10.2. The van der Waals surface area contributed by atoms with Crippen LogP contribution in [-0.2, 0) is 13.0 Å². The summed E-state index contributed by atoms with van der Waals surface area (Å²) in [6, 6.07) is 6.30. The van der Waals surface area contributed by atoms with Crippen LogP contribution in [0.4, 0.5) is 0 Å². The molecule has 1 N–H and O–H groups in total. The first-order valence-electron chi connectivity index (χ1n) is 6.32. The SMILES string of the molecule is CCc1cc(CNC)cc(-n2nc(C)cc2C)n1. The fraction of sp³-hybridized carbons (Fsp3) is 0.429. The van der Waals surface area contributed by atoms with Crippen LogP contribution in [0.15, 0.2) is 18.2 Å². The summed E-state index contributed by atoms with van der Waals surface area (Å²) in [4.78, 5) is 4.65.